The Morgan fingerprint density at radius 3 is 2.50 bits per heavy atom. The van der Waals surface area contributed by atoms with Gasteiger partial charge < -0.3 is 5.11 Å². The molecular weight excluding hydrogens is 372 g/mol. The largest absolute Gasteiger partial charge is 0.480 e. The van der Waals surface area contributed by atoms with Crippen LogP contribution in [0.25, 0.3) is 11.1 Å². The maximum Gasteiger partial charge on any atom is 0.323 e. The highest BCUT2D eigenvalue weighted by Crippen LogP contribution is 2.38. The first-order chi connectivity index (χ1) is 12.2. The van der Waals surface area contributed by atoms with Crippen molar-refractivity contribution < 1.29 is 18.3 Å². The Hall–Kier alpha value is -1.90. The second-order valence-electron chi connectivity index (χ2n) is 6.57. The molecule has 6 nitrogen and oxygen atoms in total. The number of pyridine rings is 1. The predicted molar refractivity (Wildman–Crippen MR) is 102 cm³/mol. The van der Waals surface area contributed by atoms with E-state index in [4.69, 9.17) is 0 Å². The summed E-state index contributed by atoms with van der Waals surface area (Å²) in [5.74, 6) is -0.568. The molecule has 1 saturated heterocycles. The first kappa shape index (κ1) is 18.9. The van der Waals surface area contributed by atoms with Crippen molar-refractivity contribution in [1.29, 1.82) is 0 Å². The van der Waals surface area contributed by atoms with Crippen molar-refractivity contribution in [1.82, 2.24) is 9.29 Å². The Labute approximate surface area is 157 Å². The van der Waals surface area contributed by atoms with Crippen LogP contribution >= 0.6 is 11.8 Å². The van der Waals surface area contributed by atoms with Crippen molar-refractivity contribution in [3.05, 3.63) is 48.8 Å². The summed E-state index contributed by atoms with van der Waals surface area (Å²) in [5, 5.41) is 9.62. The molecular formula is C18H20N2O4S2. The van der Waals surface area contributed by atoms with Crippen LogP contribution in [0, 0.1) is 0 Å². The SMILES string of the molecule is CC1(C)SCCN(S(=O)(=O)c2ccc(-c3cccnc3)cc2)C1C(=O)O. The molecule has 26 heavy (non-hydrogen) atoms. The molecule has 3 rings (SSSR count). The minimum atomic E-state index is -3.90. The second-order valence-corrected chi connectivity index (χ2v) is 10.2. The number of hydrogen-bond acceptors (Lipinski definition) is 5. The first-order valence-electron chi connectivity index (χ1n) is 8.12. The fourth-order valence-corrected chi connectivity index (χ4v) is 6.22. The molecule has 1 unspecified atom stereocenters. The van der Waals surface area contributed by atoms with Crippen LogP contribution in [0.5, 0.6) is 0 Å². The van der Waals surface area contributed by atoms with E-state index in [9.17, 15) is 18.3 Å². The number of thioether (sulfide) groups is 1. The van der Waals surface area contributed by atoms with E-state index in [1.807, 2.05) is 12.1 Å². The van der Waals surface area contributed by atoms with Crippen LogP contribution in [0.15, 0.2) is 53.7 Å². The summed E-state index contributed by atoms with van der Waals surface area (Å²) in [5.41, 5.74) is 1.73. The van der Waals surface area contributed by atoms with Gasteiger partial charge in [0.25, 0.3) is 0 Å². The van der Waals surface area contributed by atoms with Crippen molar-refractivity contribution in [3.8, 4) is 11.1 Å². The lowest BCUT2D eigenvalue weighted by molar-refractivity contribution is -0.142. The van der Waals surface area contributed by atoms with E-state index in [1.165, 1.54) is 23.9 Å². The molecule has 1 aromatic carbocycles. The van der Waals surface area contributed by atoms with Crippen molar-refractivity contribution in [2.45, 2.75) is 29.5 Å². The van der Waals surface area contributed by atoms with E-state index in [2.05, 4.69) is 4.98 Å². The second kappa shape index (κ2) is 7.02. The molecule has 1 fully saturated rings. The van der Waals surface area contributed by atoms with Gasteiger partial charge in [0.15, 0.2) is 0 Å². The number of hydrogen-bond donors (Lipinski definition) is 1. The first-order valence-corrected chi connectivity index (χ1v) is 10.5. The number of nitrogens with zero attached hydrogens (tertiary/aromatic N) is 2. The van der Waals surface area contributed by atoms with Gasteiger partial charge in [0.1, 0.15) is 6.04 Å². The zero-order valence-corrected chi connectivity index (χ0v) is 16.1. The van der Waals surface area contributed by atoms with Crippen molar-refractivity contribution >= 4 is 27.8 Å². The summed E-state index contributed by atoms with van der Waals surface area (Å²) in [6.07, 6.45) is 3.37. The van der Waals surface area contributed by atoms with E-state index < -0.39 is 26.8 Å². The van der Waals surface area contributed by atoms with E-state index >= 15 is 0 Å². The summed E-state index contributed by atoms with van der Waals surface area (Å²) in [6.45, 7) is 3.71. The van der Waals surface area contributed by atoms with Crippen LogP contribution < -0.4 is 0 Å². The lowest BCUT2D eigenvalue weighted by Gasteiger charge is -2.42. The van der Waals surface area contributed by atoms with Gasteiger partial charge in [0.2, 0.25) is 10.0 Å². The van der Waals surface area contributed by atoms with Crippen LogP contribution in [0.2, 0.25) is 0 Å². The summed E-state index contributed by atoms with van der Waals surface area (Å²) >= 11 is 1.48. The van der Waals surface area contributed by atoms with Gasteiger partial charge in [0.05, 0.1) is 4.90 Å². The third-order valence-electron chi connectivity index (χ3n) is 4.42. The number of carbonyl (C=O) groups is 1. The molecule has 0 aliphatic carbocycles. The molecule has 1 aliphatic rings. The van der Waals surface area contributed by atoms with Crippen LogP contribution in [0.3, 0.4) is 0 Å². The van der Waals surface area contributed by atoms with E-state index in [1.54, 1.807) is 38.4 Å². The van der Waals surface area contributed by atoms with Gasteiger partial charge in [-0.2, -0.15) is 16.1 Å². The minimum Gasteiger partial charge on any atom is -0.480 e. The standard InChI is InChI=1S/C18H20N2O4S2/c1-18(2)16(17(21)22)20(10-11-25-18)26(23,24)15-7-5-13(6-8-15)14-4-3-9-19-12-14/h3-9,12,16H,10-11H2,1-2H3,(H,21,22). The topological polar surface area (TPSA) is 87.6 Å². The number of benzene rings is 1. The third-order valence-corrected chi connectivity index (χ3v) is 7.65. The molecule has 2 heterocycles. The minimum absolute atomic E-state index is 0.0964. The van der Waals surface area contributed by atoms with E-state index in [0.29, 0.717) is 5.75 Å². The molecule has 0 radical (unpaired) electrons. The fourth-order valence-electron chi connectivity index (χ4n) is 3.12. The Balaban J connectivity index is 1.96. The normalized spacial score (nSPS) is 20.6. The highest BCUT2D eigenvalue weighted by molar-refractivity contribution is 8.00. The fraction of sp³-hybridized carbons (Fsp3) is 0.333. The molecule has 138 valence electrons. The number of aromatic nitrogens is 1. The summed E-state index contributed by atoms with van der Waals surface area (Å²) in [4.78, 5) is 15.9. The van der Waals surface area contributed by atoms with Gasteiger partial charge in [-0.05, 0) is 43.2 Å². The molecule has 1 atom stereocenters. The Morgan fingerprint density at radius 1 is 1.23 bits per heavy atom. The van der Waals surface area contributed by atoms with Gasteiger partial charge in [0, 0.05) is 29.4 Å². The summed E-state index contributed by atoms with van der Waals surface area (Å²) in [6, 6.07) is 9.06. The van der Waals surface area contributed by atoms with E-state index in [0.717, 1.165) is 15.4 Å². The molecule has 0 spiro atoms. The Morgan fingerprint density at radius 2 is 1.92 bits per heavy atom. The number of carboxylic acids is 1. The monoisotopic (exact) mass is 392 g/mol. The highest BCUT2D eigenvalue weighted by atomic mass is 32.2. The molecule has 2 aromatic rings. The maximum absolute atomic E-state index is 13.1. The van der Waals surface area contributed by atoms with Crippen LogP contribution in [-0.4, -0.2) is 51.9 Å². The van der Waals surface area contributed by atoms with Gasteiger partial charge in [-0.25, -0.2) is 8.42 Å². The molecule has 8 heteroatoms. The number of rotatable bonds is 4. The number of aliphatic carboxylic acids is 1. The molecule has 0 amide bonds. The summed E-state index contributed by atoms with van der Waals surface area (Å²) in [7, 11) is -3.90. The van der Waals surface area contributed by atoms with Crippen molar-refractivity contribution in [2.75, 3.05) is 12.3 Å². The van der Waals surface area contributed by atoms with E-state index in [-0.39, 0.29) is 11.4 Å². The smallest absolute Gasteiger partial charge is 0.323 e. The van der Waals surface area contributed by atoms with Crippen molar-refractivity contribution in [2.24, 2.45) is 0 Å². The molecule has 1 aliphatic heterocycles. The summed E-state index contributed by atoms with van der Waals surface area (Å²) < 4.78 is 26.6. The maximum atomic E-state index is 13.1. The van der Waals surface area contributed by atoms with Crippen LogP contribution in [0.4, 0.5) is 0 Å². The van der Waals surface area contributed by atoms with Gasteiger partial charge in [-0.3, -0.25) is 9.78 Å². The Kier molecular flexibility index (Phi) is 5.09. The average Bonchev–Trinajstić information content (AvgIpc) is 2.61. The lowest BCUT2D eigenvalue weighted by Crippen LogP contribution is -2.58. The average molecular weight is 393 g/mol. The zero-order valence-electron chi connectivity index (χ0n) is 14.5. The lowest BCUT2D eigenvalue weighted by atomic mass is 10.0. The predicted octanol–water partition coefficient (Wildman–Crippen LogP) is 2.72. The molecule has 0 saturated carbocycles. The third kappa shape index (κ3) is 3.49. The van der Waals surface area contributed by atoms with Gasteiger partial charge in [-0.1, -0.05) is 18.2 Å². The molecule has 1 N–H and O–H groups in total. The number of carboxylic acid groups (broad SMARTS) is 1. The number of sulfonamides is 1. The zero-order chi connectivity index (χ0) is 18.9. The van der Waals surface area contributed by atoms with Gasteiger partial charge in [-0.15, -0.1) is 0 Å². The molecule has 1 aromatic heterocycles. The van der Waals surface area contributed by atoms with Gasteiger partial charge >= 0.3 is 5.97 Å². The molecule has 0 bridgehead atoms. The highest BCUT2D eigenvalue weighted by Gasteiger charge is 2.48. The van der Waals surface area contributed by atoms with Crippen LogP contribution in [-0.2, 0) is 14.8 Å². The quantitative estimate of drug-likeness (QED) is 0.861. The Bertz CT molecular complexity index is 897. The van der Waals surface area contributed by atoms with Crippen molar-refractivity contribution in [3.63, 3.8) is 0 Å². The van der Waals surface area contributed by atoms with Crippen LogP contribution in [0.1, 0.15) is 13.8 Å².